The summed E-state index contributed by atoms with van der Waals surface area (Å²) >= 11 is 0. The van der Waals surface area contributed by atoms with Crippen LogP contribution in [-0.2, 0) is 17.4 Å². The Hall–Kier alpha value is -2.59. The maximum absolute atomic E-state index is 14.1. The van der Waals surface area contributed by atoms with E-state index in [0.29, 0.717) is 25.2 Å². The first-order valence-corrected chi connectivity index (χ1v) is 12.0. The predicted molar refractivity (Wildman–Crippen MR) is 122 cm³/mol. The number of rotatable bonds is 7. The molecule has 3 heteroatoms. The molecule has 1 N–H and O–H groups in total. The Bertz CT molecular complexity index is 953. The third-order valence-electron chi connectivity index (χ3n) is 5.22. The molecule has 29 heavy (non-hydrogen) atoms. The van der Waals surface area contributed by atoms with E-state index >= 15 is 0 Å². The molecule has 0 aromatic heterocycles. The molecule has 0 bridgehead atoms. The topological polar surface area (TPSA) is 37.3 Å². The Morgan fingerprint density at radius 1 is 0.759 bits per heavy atom. The monoisotopic (exact) mass is 402 g/mol. The van der Waals surface area contributed by atoms with Gasteiger partial charge in [0, 0.05) is 17.9 Å². The van der Waals surface area contributed by atoms with Gasteiger partial charge in [-0.3, -0.25) is 0 Å². The highest BCUT2D eigenvalue weighted by atomic mass is 31.2. The minimum Gasteiger partial charge on any atom is -0.371 e. The van der Waals surface area contributed by atoms with Gasteiger partial charge in [0.1, 0.15) is 7.14 Å². The molecule has 0 aliphatic heterocycles. The van der Waals surface area contributed by atoms with Gasteiger partial charge in [0.25, 0.3) is 0 Å². The van der Waals surface area contributed by atoms with Crippen molar-refractivity contribution in [3.63, 3.8) is 0 Å². The first-order valence-electron chi connectivity index (χ1n) is 9.95. The third kappa shape index (κ3) is 5.94. The summed E-state index contributed by atoms with van der Waals surface area (Å²) in [7, 11) is -3.01. The highest BCUT2D eigenvalue weighted by Gasteiger charge is 2.40. The molecule has 148 valence electrons. The summed E-state index contributed by atoms with van der Waals surface area (Å²) in [4.78, 5) is 0. The SMILES string of the molecule is CC(O)(C#Cc1ccccc1)P(=O)(CCc1ccccc1)CCc1ccccc1. The first kappa shape index (κ1) is 21.1. The molecule has 0 saturated heterocycles. The van der Waals surface area contributed by atoms with Gasteiger partial charge in [-0.05, 0) is 43.0 Å². The van der Waals surface area contributed by atoms with Crippen LogP contribution in [0.15, 0.2) is 91.0 Å². The Morgan fingerprint density at radius 2 is 1.17 bits per heavy atom. The fourth-order valence-electron chi connectivity index (χ4n) is 3.27. The van der Waals surface area contributed by atoms with Crippen LogP contribution in [0.4, 0.5) is 0 Å². The Labute approximate surface area is 174 Å². The van der Waals surface area contributed by atoms with Crippen molar-refractivity contribution in [1.82, 2.24) is 0 Å². The van der Waals surface area contributed by atoms with E-state index in [1.165, 1.54) is 0 Å². The molecule has 0 aliphatic carbocycles. The summed E-state index contributed by atoms with van der Waals surface area (Å²) < 4.78 is 14.1. The van der Waals surface area contributed by atoms with Crippen molar-refractivity contribution in [3.8, 4) is 11.8 Å². The number of benzene rings is 3. The summed E-state index contributed by atoms with van der Waals surface area (Å²) in [5.74, 6) is 5.95. The van der Waals surface area contributed by atoms with E-state index in [9.17, 15) is 9.67 Å². The molecule has 3 rings (SSSR count). The molecule has 1 unspecified atom stereocenters. The molecular weight excluding hydrogens is 375 g/mol. The summed E-state index contributed by atoms with van der Waals surface area (Å²) in [6.45, 7) is 1.61. The van der Waals surface area contributed by atoms with Crippen LogP contribution in [0.3, 0.4) is 0 Å². The van der Waals surface area contributed by atoms with Crippen LogP contribution >= 0.6 is 7.14 Å². The zero-order valence-corrected chi connectivity index (χ0v) is 17.7. The predicted octanol–water partition coefficient (Wildman–Crippen LogP) is 5.60. The minimum atomic E-state index is -3.01. The van der Waals surface area contributed by atoms with Crippen LogP contribution in [0.2, 0.25) is 0 Å². The molecule has 2 nitrogen and oxygen atoms in total. The summed E-state index contributed by atoms with van der Waals surface area (Å²) in [6, 6.07) is 29.5. The van der Waals surface area contributed by atoms with E-state index in [1.54, 1.807) is 6.92 Å². The van der Waals surface area contributed by atoms with E-state index in [1.807, 2.05) is 91.0 Å². The lowest BCUT2D eigenvalue weighted by Gasteiger charge is -2.29. The fourth-order valence-corrected chi connectivity index (χ4v) is 5.86. The van der Waals surface area contributed by atoms with E-state index in [4.69, 9.17) is 0 Å². The maximum Gasteiger partial charge on any atom is 0.175 e. The Kier molecular flexibility index (Phi) is 7.10. The zero-order chi connectivity index (χ0) is 20.6. The van der Waals surface area contributed by atoms with Gasteiger partial charge in [-0.25, -0.2) is 0 Å². The van der Waals surface area contributed by atoms with Crippen molar-refractivity contribution in [2.24, 2.45) is 0 Å². The van der Waals surface area contributed by atoms with Gasteiger partial charge in [-0.2, -0.15) is 0 Å². The smallest absolute Gasteiger partial charge is 0.175 e. The average molecular weight is 402 g/mol. The minimum absolute atomic E-state index is 0.431. The average Bonchev–Trinajstić information content (AvgIpc) is 2.77. The normalized spacial score (nSPS) is 13.2. The van der Waals surface area contributed by atoms with Gasteiger partial charge < -0.3 is 9.67 Å². The second-order valence-corrected chi connectivity index (χ2v) is 11.0. The molecule has 0 spiro atoms. The molecule has 3 aromatic rings. The lowest BCUT2D eigenvalue weighted by atomic mass is 10.2. The van der Waals surface area contributed by atoms with Crippen LogP contribution in [0.1, 0.15) is 23.6 Å². The fraction of sp³-hybridized carbons (Fsp3) is 0.231. The number of hydrogen-bond acceptors (Lipinski definition) is 2. The molecule has 0 fully saturated rings. The van der Waals surface area contributed by atoms with Crippen molar-refractivity contribution in [1.29, 1.82) is 0 Å². The first-order chi connectivity index (χ1) is 14.0. The van der Waals surface area contributed by atoms with Crippen LogP contribution in [-0.4, -0.2) is 22.8 Å². The summed E-state index contributed by atoms with van der Waals surface area (Å²) in [6.07, 6.45) is 2.19. The largest absolute Gasteiger partial charge is 0.371 e. The molecule has 0 saturated carbocycles. The van der Waals surface area contributed by atoms with E-state index in [2.05, 4.69) is 11.8 Å². The van der Waals surface area contributed by atoms with Crippen molar-refractivity contribution in [3.05, 3.63) is 108 Å². The second-order valence-electron chi connectivity index (χ2n) is 7.44. The van der Waals surface area contributed by atoms with Gasteiger partial charge in [0.15, 0.2) is 5.34 Å². The molecule has 0 aliphatic rings. The number of hydrogen-bond donors (Lipinski definition) is 1. The number of aliphatic hydroxyl groups is 1. The summed E-state index contributed by atoms with van der Waals surface area (Å²) in [5, 5.41) is 9.68. The van der Waals surface area contributed by atoms with Crippen LogP contribution < -0.4 is 0 Å². The molecule has 0 heterocycles. The van der Waals surface area contributed by atoms with Crippen LogP contribution in [0.5, 0.6) is 0 Å². The van der Waals surface area contributed by atoms with Gasteiger partial charge in [-0.1, -0.05) is 90.7 Å². The Balaban J connectivity index is 1.83. The van der Waals surface area contributed by atoms with Crippen LogP contribution in [0, 0.1) is 11.8 Å². The zero-order valence-electron chi connectivity index (χ0n) is 16.8. The van der Waals surface area contributed by atoms with E-state index < -0.39 is 12.5 Å². The lowest BCUT2D eigenvalue weighted by Crippen LogP contribution is -2.26. The molecule has 0 radical (unpaired) electrons. The van der Waals surface area contributed by atoms with Gasteiger partial charge >= 0.3 is 0 Å². The number of aryl methyl sites for hydroxylation is 2. The summed E-state index contributed by atoms with van der Waals surface area (Å²) in [5.41, 5.74) is 3.06. The van der Waals surface area contributed by atoms with Crippen molar-refractivity contribution in [2.45, 2.75) is 25.1 Å². The third-order valence-corrected chi connectivity index (χ3v) is 8.81. The van der Waals surface area contributed by atoms with Gasteiger partial charge in [0.05, 0.1) is 0 Å². The van der Waals surface area contributed by atoms with Crippen molar-refractivity contribution < 1.29 is 9.67 Å². The van der Waals surface area contributed by atoms with Gasteiger partial charge in [0.2, 0.25) is 0 Å². The maximum atomic E-state index is 14.1. The quantitative estimate of drug-likeness (QED) is 0.413. The van der Waals surface area contributed by atoms with Crippen LogP contribution in [0.25, 0.3) is 0 Å². The second kappa shape index (κ2) is 9.75. The standard InChI is InChI=1S/C26H27O2P/c1-26(27,20-17-23-11-5-2-6-12-23)29(28,21-18-24-13-7-3-8-14-24)22-19-25-15-9-4-10-16-25/h2-16,27H,18-19,21-22H2,1H3. The molecule has 3 aromatic carbocycles. The van der Waals surface area contributed by atoms with Crippen molar-refractivity contribution >= 4 is 7.14 Å². The molecular formula is C26H27O2P. The van der Waals surface area contributed by atoms with E-state index in [-0.39, 0.29) is 0 Å². The molecule has 0 amide bonds. The molecule has 1 atom stereocenters. The van der Waals surface area contributed by atoms with Crippen molar-refractivity contribution in [2.75, 3.05) is 12.3 Å². The lowest BCUT2D eigenvalue weighted by molar-refractivity contribution is 0.201. The Morgan fingerprint density at radius 3 is 1.62 bits per heavy atom. The highest BCUT2D eigenvalue weighted by molar-refractivity contribution is 7.65. The van der Waals surface area contributed by atoms with E-state index in [0.717, 1.165) is 16.7 Å². The highest BCUT2D eigenvalue weighted by Crippen LogP contribution is 2.57. The van der Waals surface area contributed by atoms with Gasteiger partial charge in [-0.15, -0.1) is 0 Å².